The van der Waals surface area contributed by atoms with E-state index < -0.39 is 0 Å². The van der Waals surface area contributed by atoms with Crippen LogP contribution in [0.25, 0.3) is 11.3 Å². The fraction of sp³-hybridized carbons (Fsp3) is 0.615. The Kier molecular flexibility index (Phi) is 18.8. The molecule has 3 nitrogen and oxygen atoms in total. The van der Waals surface area contributed by atoms with Crippen LogP contribution in [0.1, 0.15) is 84.3 Å². The number of aromatic nitrogens is 2. The maximum atomic E-state index is 5.52. The van der Waals surface area contributed by atoms with Gasteiger partial charge in [-0.05, 0) is 56.7 Å². The average Bonchev–Trinajstić information content (AvgIpc) is 2.74. The third-order valence-corrected chi connectivity index (χ3v) is 3.97. The van der Waals surface area contributed by atoms with Crippen molar-refractivity contribution in [2.45, 2.75) is 88.5 Å². The van der Waals surface area contributed by atoms with E-state index in [9.17, 15) is 0 Å². The van der Waals surface area contributed by atoms with Crippen LogP contribution in [0.5, 0.6) is 5.88 Å². The molecule has 2 aromatic heterocycles. The van der Waals surface area contributed by atoms with Crippen molar-refractivity contribution in [3.63, 3.8) is 0 Å². The van der Waals surface area contributed by atoms with Gasteiger partial charge in [0.05, 0.1) is 18.0 Å². The molecule has 172 valence electrons. The van der Waals surface area contributed by atoms with E-state index in [1.54, 1.807) is 0 Å². The Morgan fingerprint density at radius 1 is 0.967 bits per heavy atom. The Hall–Kier alpha value is -1.47. The first kappa shape index (κ1) is 30.7. The second-order valence-electron chi connectivity index (χ2n) is 7.13. The Balaban J connectivity index is 0. The summed E-state index contributed by atoms with van der Waals surface area (Å²) in [5.41, 5.74) is 6.89. The summed E-state index contributed by atoms with van der Waals surface area (Å²) >= 11 is 0. The lowest BCUT2D eigenvalue weighted by atomic mass is 9.97. The summed E-state index contributed by atoms with van der Waals surface area (Å²) in [7, 11) is 2.42. The molecule has 0 N–H and O–H groups in total. The Morgan fingerprint density at radius 3 is 2.00 bits per heavy atom. The highest BCUT2D eigenvalue weighted by molar-refractivity contribution is 7.15. The molecule has 0 aromatic carbocycles. The largest absolute Gasteiger partial charge is 0.478 e. The Bertz CT molecular complexity index is 700. The zero-order valence-electron chi connectivity index (χ0n) is 21.5. The van der Waals surface area contributed by atoms with Gasteiger partial charge in [0.15, 0.2) is 0 Å². The van der Waals surface area contributed by atoms with Crippen molar-refractivity contribution >= 4 is 9.24 Å². The highest BCUT2D eigenvalue weighted by Gasteiger charge is 2.14. The molecule has 0 aliphatic rings. The van der Waals surface area contributed by atoms with Gasteiger partial charge in [-0.1, -0.05) is 67.6 Å². The number of nitrogens with zero attached hydrogens (tertiary/aromatic N) is 2. The molecule has 4 heteroatoms. The first-order chi connectivity index (χ1) is 14.4. The molecule has 0 fully saturated rings. The summed E-state index contributed by atoms with van der Waals surface area (Å²) in [5, 5.41) is 0. The number of pyridine rings is 2. The fourth-order valence-electron chi connectivity index (χ4n) is 2.88. The summed E-state index contributed by atoms with van der Waals surface area (Å²) in [6, 6.07) is 6.32. The monoisotopic (exact) mass is 434 g/mol. The van der Waals surface area contributed by atoms with E-state index in [1.807, 2.05) is 33.5 Å². The topological polar surface area (TPSA) is 35.0 Å². The van der Waals surface area contributed by atoms with Gasteiger partial charge in [-0.2, -0.15) is 0 Å². The minimum Gasteiger partial charge on any atom is -0.478 e. The molecule has 1 atom stereocenters. The van der Waals surface area contributed by atoms with Gasteiger partial charge in [-0.3, -0.25) is 4.98 Å². The van der Waals surface area contributed by atoms with Crippen LogP contribution in [-0.4, -0.2) is 23.2 Å². The van der Waals surface area contributed by atoms with Crippen LogP contribution in [0.4, 0.5) is 0 Å². The zero-order chi connectivity index (χ0) is 23.7. The van der Waals surface area contributed by atoms with Crippen molar-refractivity contribution in [3.8, 4) is 17.1 Å². The lowest BCUT2D eigenvalue weighted by molar-refractivity contribution is 0.326. The number of hydrogen-bond donors (Lipinski definition) is 0. The number of aryl methyl sites for hydroxylation is 3. The summed E-state index contributed by atoms with van der Waals surface area (Å²) in [5.74, 6) is 1.33. The molecule has 0 spiro atoms. The molecule has 2 heterocycles. The minimum atomic E-state index is 0.635. The molecular weight excluding hydrogens is 387 g/mol. The third-order valence-electron chi connectivity index (χ3n) is 3.97. The van der Waals surface area contributed by atoms with Gasteiger partial charge >= 0.3 is 0 Å². The molecule has 0 bridgehead atoms. The average molecular weight is 435 g/mol. The molecule has 2 aromatic rings. The van der Waals surface area contributed by atoms with Crippen LogP contribution in [-0.2, 0) is 12.8 Å². The van der Waals surface area contributed by atoms with Crippen LogP contribution in [0.3, 0.4) is 0 Å². The number of ether oxygens (including phenoxy) is 1. The molecule has 1 unspecified atom stereocenters. The van der Waals surface area contributed by atoms with E-state index in [-0.39, 0.29) is 0 Å². The summed E-state index contributed by atoms with van der Waals surface area (Å²) in [4.78, 5) is 9.54. The second kappa shape index (κ2) is 18.3. The SMILES string of the molecule is CC.CCC.CCOc1ccc(-c2nc(C)c(CC(C)C)cc2C)c(CC)n1.CP. The van der Waals surface area contributed by atoms with E-state index in [0.717, 1.165) is 35.5 Å². The van der Waals surface area contributed by atoms with Crippen LogP contribution in [0, 0.1) is 19.8 Å². The standard InChI is InChI=1S/C20H28N2O.C3H8.C2H6.CH5P/c1-7-18-17(9-10-19(22-18)23-8-2)20-14(5)12-16(11-13(3)4)15(6)21-20;1-3-2;2*1-2/h9-10,12-13H,7-8,11H2,1-6H3;3H2,1-2H3;1-2H3;2H2,1H3. The minimum absolute atomic E-state index is 0.635. The van der Waals surface area contributed by atoms with E-state index in [1.165, 1.54) is 17.5 Å². The van der Waals surface area contributed by atoms with Crippen LogP contribution in [0.15, 0.2) is 18.2 Å². The molecule has 0 saturated carbocycles. The van der Waals surface area contributed by atoms with Crippen molar-refractivity contribution in [2.24, 2.45) is 5.92 Å². The van der Waals surface area contributed by atoms with Crippen molar-refractivity contribution < 1.29 is 4.74 Å². The van der Waals surface area contributed by atoms with E-state index in [2.05, 4.69) is 74.8 Å². The molecule has 0 amide bonds. The fourth-order valence-corrected chi connectivity index (χ4v) is 2.88. The third kappa shape index (κ3) is 10.5. The van der Waals surface area contributed by atoms with Crippen LogP contribution in [0.2, 0.25) is 0 Å². The van der Waals surface area contributed by atoms with Gasteiger partial charge < -0.3 is 4.74 Å². The van der Waals surface area contributed by atoms with Crippen LogP contribution >= 0.6 is 9.24 Å². The van der Waals surface area contributed by atoms with Gasteiger partial charge in [0.2, 0.25) is 5.88 Å². The summed E-state index contributed by atoms with van der Waals surface area (Å²) < 4.78 is 5.52. The molecule has 2 rings (SSSR count). The van der Waals surface area contributed by atoms with Gasteiger partial charge in [0.1, 0.15) is 0 Å². The maximum absolute atomic E-state index is 5.52. The smallest absolute Gasteiger partial charge is 0.213 e. The van der Waals surface area contributed by atoms with E-state index >= 15 is 0 Å². The van der Waals surface area contributed by atoms with Crippen molar-refractivity contribution in [1.29, 1.82) is 0 Å². The number of hydrogen-bond acceptors (Lipinski definition) is 3. The lowest BCUT2D eigenvalue weighted by Gasteiger charge is -2.15. The van der Waals surface area contributed by atoms with Gasteiger partial charge in [-0.25, -0.2) is 4.98 Å². The van der Waals surface area contributed by atoms with E-state index in [4.69, 9.17) is 9.72 Å². The lowest BCUT2D eigenvalue weighted by Crippen LogP contribution is -2.04. The Labute approximate surface area is 189 Å². The molecular formula is C26H47N2OP. The highest BCUT2D eigenvalue weighted by Crippen LogP contribution is 2.28. The normalized spacial score (nSPS) is 9.50. The number of rotatable bonds is 6. The summed E-state index contributed by atoms with van der Waals surface area (Å²) in [6.07, 6.45) is 3.19. The highest BCUT2D eigenvalue weighted by atomic mass is 31.0. The molecule has 0 radical (unpaired) electrons. The quantitative estimate of drug-likeness (QED) is 0.434. The summed E-state index contributed by atoms with van der Waals surface area (Å²) in [6.45, 7) is 23.6. The molecule has 0 saturated heterocycles. The van der Waals surface area contributed by atoms with Gasteiger partial charge in [0.25, 0.3) is 0 Å². The first-order valence-electron chi connectivity index (χ1n) is 11.6. The molecule has 0 aliphatic heterocycles. The van der Waals surface area contributed by atoms with E-state index in [0.29, 0.717) is 18.4 Å². The second-order valence-corrected chi connectivity index (χ2v) is 7.13. The zero-order valence-corrected chi connectivity index (χ0v) is 22.7. The van der Waals surface area contributed by atoms with Crippen molar-refractivity contribution in [2.75, 3.05) is 13.3 Å². The Morgan fingerprint density at radius 2 is 1.53 bits per heavy atom. The van der Waals surface area contributed by atoms with Crippen molar-refractivity contribution in [1.82, 2.24) is 9.97 Å². The predicted octanol–water partition coefficient (Wildman–Crippen LogP) is 7.85. The van der Waals surface area contributed by atoms with Gasteiger partial charge in [0, 0.05) is 17.3 Å². The molecule has 0 aliphatic carbocycles. The van der Waals surface area contributed by atoms with Gasteiger partial charge in [-0.15, -0.1) is 9.24 Å². The first-order valence-corrected chi connectivity index (χ1v) is 12.7. The maximum Gasteiger partial charge on any atom is 0.213 e. The van der Waals surface area contributed by atoms with Crippen molar-refractivity contribution in [3.05, 3.63) is 40.7 Å². The van der Waals surface area contributed by atoms with Crippen LogP contribution < -0.4 is 4.74 Å². The predicted molar refractivity (Wildman–Crippen MR) is 139 cm³/mol. The molecule has 30 heavy (non-hydrogen) atoms.